The minimum absolute atomic E-state index is 0.105. The van der Waals surface area contributed by atoms with Crippen molar-refractivity contribution in [3.63, 3.8) is 0 Å². The molecule has 0 aliphatic carbocycles. The molecule has 0 saturated carbocycles. The summed E-state index contributed by atoms with van der Waals surface area (Å²) in [5, 5.41) is 8.42. The first-order valence-electron chi connectivity index (χ1n) is 6.79. The maximum Gasteiger partial charge on any atom is 0.269 e. The molecule has 0 atom stereocenters. The Hall–Kier alpha value is -2.54. The monoisotopic (exact) mass is 332 g/mol. The number of halogens is 1. The Morgan fingerprint density at radius 2 is 2.00 bits per heavy atom. The lowest BCUT2D eigenvalue weighted by Gasteiger charge is -2.11. The molecule has 0 fully saturated rings. The molecule has 120 valence electrons. The molecule has 5 nitrogen and oxygen atoms in total. The number of hydrogen-bond donors (Lipinski definition) is 3. The van der Waals surface area contributed by atoms with Crippen LogP contribution in [-0.4, -0.2) is 25.5 Å². The molecule has 0 saturated heterocycles. The van der Waals surface area contributed by atoms with Gasteiger partial charge in [-0.3, -0.25) is 9.79 Å². The van der Waals surface area contributed by atoms with Crippen molar-refractivity contribution in [2.24, 2.45) is 10.7 Å². The van der Waals surface area contributed by atoms with Crippen LogP contribution in [0.5, 0.6) is 0 Å². The Bertz CT molecular complexity index is 776. The van der Waals surface area contributed by atoms with Gasteiger partial charge in [-0.1, -0.05) is 23.9 Å². The number of aliphatic imine (C=N–C) groups is 1. The van der Waals surface area contributed by atoms with Gasteiger partial charge in [0.15, 0.2) is 5.70 Å². The molecule has 0 bridgehead atoms. The molecule has 23 heavy (non-hydrogen) atoms. The highest BCUT2D eigenvalue weighted by Gasteiger charge is 2.10. The van der Waals surface area contributed by atoms with E-state index in [2.05, 4.69) is 22.3 Å². The molecule has 0 unspecified atom stereocenters. The number of anilines is 1. The van der Waals surface area contributed by atoms with E-state index in [9.17, 15) is 9.18 Å². The largest absolute Gasteiger partial charge is 0.381 e. The van der Waals surface area contributed by atoms with Gasteiger partial charge in [-0.2, -0.15) is 0 Å². The zero-order valence-corrected chi connectivity index (χ0v) is 13.4. The molecular formula is C16H17FN4OS. The molecule has 0 aliphatic heterocycles. The number of amides is 1. The molecule has 0 radical (unpaired) electrons. The third-order valence-electron chi connectivity index (χ3n) is 3.13. The predicted molar refractivity (Wildman–Crippen MR) is 94.8 cm³/mol. The standard InChI is InChI=1S/C16H17FN4OS/c1-19-14(15(18)22)16(20-2)23-9-21-13-6-4-10-7-12(17)5-3-11(10)8-13/h3-8,20-21H,1,9H2,2H3,(H2,18,22)/b16-14-. The van der Waals surface area contributed by atoms with Crippen LogP contribution in [0, 0.1) is 5.82 Å². The number of nitrogens with one attached hydrogen (secondary N) is 2. The van der Waals surface area contributed by atoms with Gasteiger partial charge < -0.3 is 16.4 Å². The summed E-state index contributed by atoms with van der Waals surface area (Å²) < 4.78 is 13.2. The average molecular weight is 332 g/mol. The molecule has 4 N–H and O–H groups in total. The maximum atomic E-state index is 13.2. The molecule has 0 aliphatic rings. The topological polar surface area (TPSA) is 79.5 Å². The number of rotatable bonds is 7. The smallest absolute Gasteiger partial charge is 0.269 e. The fourth-order valence-electron chi connectivity index (χ4n) is 2.04. The predicted octanol–water partition coefficient (Wildman–Crippen LogP) is 2.66. The number of carbonyl (C=O) groups excluding carboxylic acids is 1. The Balaban J connectivity index is 2.07. The van der Waals surface area contributed by atoms with Crippen LogP contribution >= 0.6 is 11.8 Å². The maximum absolute atomic E-state index is 13.2. The van der Waals surface area contributed by atoms with Crippen LogP contribution in [0.2, 0.25) is 0 Å². The Morgan fingerprint density at radius 3 is 2.65 bits per heavy atom. The molecule has 1 amide bonds. The normalized spacial score (nSPS) is 11.7. The van der Waals surface area contributed by atoms with Crippen LogP contribution in [0.4, 0.5) is 10.1 Å². The number of thioether (sulfide) groups is 1. The summed E-state index contributed by atoms with van der Waals surface area (Å²) in [6.07, 6.45) is 0. The lowest BCUT2D eigenvalue weighted by atomic mass is 10.1. The van der Waals surface area contributed by atoms with Crippen molar-refractivity contribution in [1.29, 1.82) is 0 Å². The minimum Gasteiger partial charge on any atom is -0.381 e. The van der Waals surface area contributed by atoms with Crippen LogP contribution in [-0.2, 0) is 4.79 Å². The number of nitrogens with zero attached hydrogens (tertiary/aromatic N) is 1. The number of hydrogen-bond acceptors (Lipinski definition) is 5. The number of carbonyl (C=O) groups is 1. The average Bonchev–Trinajstić information content (AvgIpc) is 2.53. The lowest BCUT2D eigenvalue weighted by Crippen LogP contribution is -2.19. The van der Waals surface area contributed by atoms with E-state index in [1.54, 1.807) is 13.1 Å². The molecule has 7 heteroatoms. The first-order chi connectivity index (χ1) is 11.0. The molecule has 2 rings (SSSR count). The van der Waals surface area contributed by atoms with Gasteiger partial charge in [0.1, 0.15) is 10.8 Å². The third-order valence-corrected chi connectivity index (χ3v) is 4.10. The van der Waals surface area contributed by atoms with Crippen LogP contribution in [0.1, 0.15) is 0 Å². The number of fused-ring (bicyclic) bond motifs is 1. The minimum atomic E-state index is -0.635. The van der Waals surface area contributed by atoms with Crippen LogP contribution < -0.4 is 16.4 Å². The summed E-state index contributed by atoms with van der Waals surface area (Å²) in [6.45, 7) is 3.35. The second-order valence-electron chi connectivity index (χ2n) is 4.62. The quantitative estimate of drug-likeness (QED) is 0.414. The van der Waals surface area contributed by atoms with Crippen molar-refractivity contribution in [3.05, 3.63) is 52.9 Å². The van der Waals surface area contributed by atoms with E-state index in [-0.39, 0.29) is 11.5 Å². The van der Waals surface area contributed by atoms with Gasteiger partial charge in [-0.05, 0) is 41.8 Å². The molecule has 0 aromatic heterocycles. The lowest BCUT2D eigenvalue weighted by molar-refractivity contribution is -0.114. The molecule has 0 heterocycles. The van der Waals surface area contributed by atoms with Crippen molar-refractivity contribution in [2.75, 3.05) is 18.2 Å². The number of benzene rings is 2. The van der Waals surface area contributed by atoms with Gasteiger partial charge in [-0.15, -0.1) is 0 Å². The molecule has 2 aromatic carbocycles. The highest BCUT2D eigenvalue weighted by atomic mass is 32.2. The summed E-state index contributed by atoms with van der Waals surface area (Å²) in [6, 6.07) is 10.3. The summed E-state index contributed by atoms with van der Waals surface area (Å²) >= 11 is 1.35. The van der Waals surface area contributed by atoms with E-state index >= 15 is 0 Å². The van der Waals surface area contributed by atoms with E-state index in [0.717, 1.165) is 16.5 Å². The summed E-state index contributed by atoms with van der Waals surface area (Å²) in [4.78, 5) is 14.9. The second kappa shape index (κ2) is 7.64. The zero-order chi connectivity index (χ0) is 16.8. The van der Waals surface area contributed by atoms with Crippen LogP contribution in [0.25, 0.3) is 10.8 Å². The fourth-order valence-corrected chi connectivity index (χ4v) is 2.87. The van der Waals surface area contributed by atoms with Crippen molar-refractivity contribution in [2.45, 2.75) is 0 Å². The van der Waals surface area contributed by atoms with Crippen LogP contribution in [0.15, 0.2) is 52.1 Å². The van der Waals surface area contributed by atoms with Crippen molar-refractivity contribution in [3.8, 4) is 0 Å². The summed E-state index contributed by atoms with van der Waals surface area (Å²) in [7, 11) is 1.68. The number of nitrogens with two attached hydrogens (primary N) is 1. The van der Waals surface area contributed by atoms with Crippen LogP contribution in [0.3, 0.4) is 0 Å². The zero-order valence-electron chi connectivity index (χ0n) is 12.6. The summed E-state index contributed by atoms with van der Waals surface area (Å²) in [5.41, 5.74) is 6.24. The van der Waals surface area contributed by atoms with E-state index in [1.807, 2.05) is 18.2 Å². The van der Waals surface area contributed by atoms with Crippen molar-refractivity contribution >= 4 is 40.8 Å². The highest BCUT2D eigenvalue weighted by Crippen LogP contribution is 2.22. The van der Waals surface area contributed by atoms with Gasteiger partial charge in [0.2, 0.25) is 0 Å². The van der Waals surface area contributed by atoms with E-state index in [4.69, 9.17) is 5.73 Å². The van der Waals surface area contributed by atoms with Gasteiger partial charge in [0.25, 0.3) is 5.91 Å². The number of primary amides is 1. The van der Waals surface area contributed by atoms with E-state index in [0.29, 0.717) is 10.9 Å². The second-order valence-corrected chi connectivity index (χ2v) is 5.61. The summed E-state index contributed by atoms with van der Waals surface area (Å²) in [5.74, 6) is -0.395. The van der Waals surface area contributed by atoms with Gasteiger partial charge in [0, 0.05) is 12.7 Å². The molecular weight excluding hydrogens is 315 g/mol. The fraction of sp³-hybridized carbons (Fsp3) is 0.125. The first-order valence-corrected chi connectivity index (χ1v) is 7.78. The van der Waals surface area contributed by atoms with Crippen molar-refractivity contribution in [1.82, 2.24) is 5.32 Å². The Labute approximate surface area is 137 Å². The highest BCUT2D eigenvalue weighted by molar-refractivity contribution is 8.03. The van der Waals surface area contributed by atoms with Gasteiger partial charge in [0.05, 0.1) is 5.88 Å². The van der Waals surface area contributed by atoms with E-state index < -0.39 is 5.91 Å². The van der Waals surface area contributed by atoms with Gasteiger partial charge >= 0.3 is 0 Å². The van der Waals surface area contributed by atoms with Crippen molar-refractivity contribution < 1.29 is 9.18 Å². The van der Waals surface area contributed by atoms with Gasteiger partial charge in [-0.25, -0.2) is 4.39 Å². The molecule has 0 spiro atoms. The SMILES string of the molecule is C=N/C(C(N)=O)=C(/NC)SCNc1ccc2cc(F)ccc2c1. The Kier molecular flexibility index (Phi) is 5.59. The first kappa shape index (κ1) is 16.8. The third kappa shape index (κ3) is 4.23. The van der Waals surface area contributed by atoms with E-state index in [1.165, 1.54) is 23.9 Å². The Morgan fingerprint density at radius 1 is 1.30 bits per heavy atom. The molecule has 2 aromatic rings.